The summed E-state index contributed by atoms with van der Waals surface area (Å²) in [5, 5.41) is 13.8. The van der Waals surface area contributed by atoms with E-state index < -0.39 is 16.8 Å². The molecule has 0 aromatic heterocycles. The first kappa shape index (κ1) is 46.6. The molecule has 13 heteroatoms. The molecule has 1 amide bonds. The van der Waals surface area contributed by atoms with Crippen molar-refractivity contribution in [3.05, 3.63) is 59.2 Å². The number of benzene rings is 2. The lowest BCUT2D eigenvalue weighted by Crippen LogP contribution is -2.75. The van der Waals surface area contributed by atoms with E-state index in [-0.39, 0.29) is 76.7 Å². The molecule has 2 saturated carbocycles. The second kappa shape index (κ2) is 17.4. The molecule has 6 aliphatic heterocycles. The molecule has 0 bridgehead atoms. The van der Waals surface area contributed by atoms with E-state index in [2.05, 4.69) is 35.9 Å². The van der Waals surface area contributed by atoms with Crippen molar-refractivity contribution in [1.29, 1.82) is 0 Å². The topological polar surface area (TPSA) is 105 Å². The molecule has 2 unspecified atom stereocenters. The minimum absolute atomic E-state index is 0.0198. The number of carbonyl (C=O) groups excluding carboxylic acids is 1. The second-order valence-corrected chi connectivity index (χ2v) is 24.0. The normalized spacial score (nSPS) is 33.3. The summed E-state index contributed by atoms with van der Waals surface area (Å²) in [6.07, 6.45) is 8.57. The van der Waals surface area contributed by atoms with Crippen molar-refractivity contribution in [3.8, 4) is 11.5 Å². The van der Waals surface area contributed by atoms with Gasteiger partial charge in [-0.1, -0.05) is 20.8 Å². The number of nitrogens with one attached hydrogen (secondary N) is 1. The van der Waals surface area contributed by atoms with Crippen LogP contribution in [0.1, 0.15) is 136 Å². The molecule has 2 aliphatic carbocycles. The van der Waals surface area contributed by atoms with E-state index in [4.69, 9.17) is 23.7 Å². The maximum absolute atomic E-state index is 14.7. The number of ether oxygens (including phenoxy) is 5. The molecule has 6 saturated heterocycles. The lowest BCUT2D eigenvalue weighted by atomic mass is 9.67. The quantitative estimate of drug-likeness (QED) is 0.229. The average Bonchev–Trinajstić information content (AvgIpc) is 3.87. The summed E-state index contributed by atoms with van der Waals surface area (Å²) in [6.45, 7) is 21.9. The maximum atomic E-state index is 14.7. The van der Waals surface area contributed by atoms with Crippen LogP contribution >= 0.6 is 0 Å². The molecule has 4 atom stereocenters. The molecule has 11 nitrogen and oxygen atoms in total. The zero-order valence-electron chi connectivity index (χ0n) is 40.6. The first-order valence-electron chi connectivity index (χ1n) is 25.4. The van der Waals surface area contributed by atoms with Crippen LogP contribution in [0.25, 0.3) is 0 Å². The van der Waals surface area contributed by atoms with Gasteiger partial charge in [0.1, 0.15) is 34.3 Å². The van der Waals surface area contributed by atoms with Crippen LogP contribution in [0.3, 0.4) is 0 Å². The number of hydrogen-bond acceptors (Lipinski definition) is 10. The van der Waals surface area contributed by atoms with Crippen LogP contribution in [-0.2, 0) is 14.2 Å². The van der Waals surface area contributed by atoms with E-state index in [9.17, 15) is 18.7 Å². The van der Waals surface area contributed by atoms with E-state index in [1.807, 2.05) is 38.7 Å². The maximum Gasteiger partial charge on any atom is 0.410 e. The van der Waals surface area contributed by atoms with Gasteiger partial charge < -0.3 is 34.1 Å². The van der Waals surface area contributed by atoms with Gasteiger partial charge in [-0.15, -0.1) is 0 Å². The van der Waals surface area contributed by atoms with Crippen LogP contribution in [-0.4, -0.2) is 138 Å². The van der Waals surface area contributed by atoms with E-state index >= 15 is 0 Å². The van der Waals surface area contributed by atoms with Crippen molar-refractivity contribution < 1.29 is 42.4 Å². The van der Waals surface area contributed by atoms with Crippen LogP contribution in [0, 0.1) is 28.9 Å². The van der Waals surface area contributed by atoms with Gasteiger partial charge in [-0.2, -0.15) is 0 Å². The Morgan fingerprint density at radius 1 is 0.727 bits per heavy atom. The van der Waals surface area contributed by atoms with Gasteiger partial charge in [-0.3, -0.25) is 14.7 Å². The predicted octanol–water partition coefficient (Wildman–Crippen LogP) is 8.41. The van der Waals surface area contributed by atoms with E-state index in [0.717, 1.165) is 133 Å². The Hall–Kier alpha value is -3.07. The fourth-order valence-corrected chi connectivity index (χ4v) is 13.3. The van der Waals surface area contributed by atoms with Gasteiger partial charge in [0.2, 0.25) is 0 Å². The molecule has 2 spiro atoms. The highest BCUT2D eigenvalue weighted by atomic mass is 19.1. The molecule has 8 fully saturated rings. The lowest BCUT2D eigenvalue weighted by molar-refractivity contribution is -0.189. The molecule has 6 heterocycles. The van der Waals surface area contributed by atoms with Gasteiger partial charge in [0.25, 0.3) is 0 Å². The van der Waals surface area contributed by atoms with Crippen LogP contribution in [0.2, 0.25) is 0 Å². The Labute approximate surface area is 391 Å². The third-order valence-corrected chi connectivity index (χ3v) is 17.6. The fraction of sp³-hybridized carbons (Fsp3) is 0.755. The molecular formula is C53H76F2N4O7. The molecule has 10 rings (SSSR count). The van der Waals surface area contributed by atoms with Crippen molar-refractivity contribution in [3.63, 3.8) is 0 Å². The Kier molecular flexibility index (Phi) is 12.3. The van der Waals surface area contributed by atoms with Crippen molar-refractivity contribution in [2.24, 2.45) is 17.3 Å². The largest absolute Gasteiger partial charge is 0.490 e. The first-order valence-corrected chi connectivity index (χ1v) is 25.4. The standard InChI is InChI=1S/C53H76F2N4O7/c1-49(2,3)47-53(27-40(29-63-53)58-18-14-34(15-19-58)43-24-37(54)8-10-45(43)64-41-20-35(21-41)50(4,5)61)32-59(47)48(60)66-51(6,7)36-22-42(23-36)65-46-11-9-38(55)25-44(46)33-12-16-57(17-13-33)39-26-52(62-28-39)30-56-31-52/h8-11,24-25,33-36,39-42,47,56,61H,12-23,26-32H2,1-7H3/t35?,36?,39-,40?,41?,42?,47-,53?/m0/s1. The van der Waals surface area contributed by atoms with Gasteiger partial charge in [-0.05, 0) is 178 Å². The summed E-state index contributed by atoms with van der Waals surface area (Å²) in [6, 6.07) is 10.5. The number of likely N-dealkylation sites (tertiary alicyclic amines) is 3. The van der Waals surface area contributed by atoms with Crippen LogP contribution in [0.15, 0.2) is 36.4 Å². The third-order valence-electron chi connectivity index (χ3n) is 17.6. The lowest BCUT2D eigenvalue weighted by Gasteiger charge is -2.60. The first-order chi connectivity index (χ1) is 31.3. The number of carbonyl (C=O) groups is 1. The molecule has 2 N–H and O–H groups in total. The van der Waals surface area contributed by atoms with Gasteiger partial charge in [0, 0.05) is 42.2 Å². The molecule has 2 aromatic rings. The van der Waals surface area contributed by atoms with Crippen molar-refractivity contribution >= 4 is 6.09 Å². The number of amides is 1. The third kappa shape index (κ3) is 9.12. The SMILES string of the molecule is CC(C)(O)C1CC(Oc2ccc(F)cc2C2CCN(C3COC4(C3)CN(C(=O)OC(C)(C)C3CC(Oc5ccc(F)cc5C5CCN([C@@H]6COC7(CNC7)C6)CC5)C3)[C@H]4C(C)(C)C)CC2)C1. The summed E-state index contributed by atoms with van der Waals surface area (Å²) in [5.74, 6) is 1.90. The Bertz CT molecular complexity index is 2080. The van der Waals surface area contributed by atoms with Gasteiger partial charge in [0.15, 0.2) is 0 Å². The molecule has 8 aliphatic rings. The van der Waals surface area contributed by atoms with Crippen molar-refractivity contribution in [2.45, 2.75) is 177 Å². The van der Waals surface area contributed by atoms with Gasteiger partial charge in [0.05, 0.1) is 49.2 Å². The number of hydrogen-bond donors (Lipinski definition) is 2. The van der Waals surface area contributed by atoms with Crippen LogP contribution < -0.4 is 14.8 Å². The summed E-state index contributed by atoms with van der Waals surface area (Å²) in [7, 11) is 0. The Balaban J connectivity index is 0.701. The number of halogens is 2. The Morgan fingerprint density at radius 2 is 1.23 bits per heavy atom. The zero-order chi connectivity index (χ0) is 46.4. The summed E-state index contributed by atoms with van der Waals surface area (Å²) in [5.41, 5.74) is -0.106. The molecule has 0 radical (unpaired) electrons. The summed E-state index contributed by atoms with van der Waals surface area (Å²) in [4.78, 5) is 21.1. The minimum atomic E-state index is -0.718. The zero-order valence-corrected chi connectivity index (χ0v) is 40.6. The average molecular weight is 919 g/mol. The Morgan fingerprint density at radius 3 is 1.70 bits per heavy atom. The fourth-order valence-electron chi connectivity index (χ4n) is 13.3. The highest BCUT2D eigenvalue weighted by Gasteiger charge is 2.64. The van der Waals surface area contributed by atoms with E-state index in [1.54, 1.807) is 18.2 Å². The van der Waals surface area contributed by atoms with Crippen LogP contribution in [0.5, 0.6) is 11.5 Å². The minimum Gasteiger partial charge on any atom is -0.490 e. The van der Waals surface area contributed by atoms with Gasteiger partial charge >= 0.3 is 6.09 Å². The summed E-state index contributed by atoms with van der Waals surface area (Å²) >= 11 is 0. The predicted molar refractivity (Wildman–Crippen MR) is 248 cm³/mol. The number of aliphatic hydroxyl groups is 1. The van der Waals surface area contributed by atoms with Crippen LogP contribution in [0.4, 0.5) is 13.6 Å². The molecular weight excluding hydrogens is 843 g/mol. The highest BCUT2D eigenvalue weighted by Crippen LogP contribution is 2.52. The molecule has 2 aromatic carbocycles. The van der Waals surface area contributed by atoms with Crippen molar-refractivity contribution in [1.82, 2.24) is 20.0 Å². The van der Waals surface area contributed by atoms with E-state index in [0.29, 0.717) is 19.2 Å². The smallest absolute Gasteiger partial charge is 0.410 e. The number of nitrogens with zero attached hydrogens (tertiary/aromatic N) is 3. The number of piperidine rings is 2. The van der Waals surface area contributed by atoms with E-state index in [1.165, 1.54) is 12.1 Å². The summed E-state index contributed by atoms with van der Waals surface area (Å²) < 4.78 is 61.8. The molecule has 364 valence electrons. The second-order valence-electron chi connectivity index (χ2n) is 24.0. The van der Waals surface area contributed by atoms with Crippen molar-refractivity contribution in [2.75, 3.05) is 59.0 Å². The molecule has 66 heavy (non-hydrogen) atoms. The number of rotatable bonds is 11. The van der Waals surface area contributed by atoms with Gasteiger partial charge in [-0.25, -0.2) is 13.6 Å². The highest BCUT2D eigenvalue weighted by molar-refractivity contribution is 5.71. The monoisotopic (exact) mass is 919 g/mol.